The number of rotatable bonds is 5. The molecule has 1 aliphatic rings. The summed E-state index contributed by atoms with van der Waals surface area (Å²) in [5.41, 5.74) is 6.18. The van der Waals surface area contributed by atoms with Gasteiger partial charge in [-0.1, -0.05) is 36.8 Å². The number of nitrogens with one attached hydrogen (secondary N) is 2. The molecule has 4 rings (SSSR count). The minimum Gasteiger partial charge on any atom is -0.279 e. The lowest BCUT2D eigenvalue weighted by Crippen LogP contribution is -2.21. The molecule has 1 heterocycles. The highest BCUT2D eigenvalue weighted by Crippen LogP contribution is 2.31. The van der Waals surface area contributed by atoms with Gasteiger partial charge in [-0.15, -0.1) is 0 Å². The van der Waals surface area contributed by atoms with E-state index in [0.717, 1.165) is 53.5 Å². The van der Waals surface area contributed by atoms with Crippen molar-refractivity contribution < 1.29 is 8.42 Å². The summed E-state index contributed by atoms with van der Waals surface area (Å²) in [6, 6.07) is 11.0. The predicted octanol–water partition coefficient (Wildman–Crippen LogP) is 4.30. The maximum atomic E-state index is 13.4. The van der Waals surface area contributed by atoms with Crippen LogP contribution in [0.1, 0.15) is 47.6 Å². The fourth-order valence-electron chi connectivity index (χ4n) is 4.27. The first-order chi connectivity index (χ1) is 14.8. The lowest BCUT2D eigenvalue weighted by Gasteiger charge is -2.19. The SMILES string of the molecule is CCc1ccc(-c2n[nH]c(=O)c3c2CCCC3)cc1S(=O)(=O)Nc1ccc(C)cc1C. The molecule has 0 fully saturated rings. The van der Waals surface area contributed by atoms with E-state index in [2.05, 4.69) is 14.9 Å². The standard InChI is InChI=1S/C24H27N3O3S/c1-4-17-10-11-18(23-19-7-5-6-8-20(19)24(28)26-25-23)14-22(17)31(29,30)27-21-12-9-15(2)13-16(21)3/h9-14,27H,4-8H2,1-3H3,(H,26,28). The second kappa shape index (κ2) is 8.30. The maximum absolute atomic E-state index is 13.4. The van der Waals surface area contributed by atoms with Crippen LogP contribution in [0, 0.1) is 13.8 Å². The first-order valence-corrected chi connectivity index (χ1v) is 12.1. The molecule has 0 saturated heterocycles. The molecule has 7 heteroatoms. The van der Waals surface area contributed by atoms with Crippen LogP contribution in [-0.4, -0.2) is 18.6 Å². The first-order valence-electron chi connectivity index (χ1n) is 10.6. The number of hydrogen-bond acceptors (Lipinski definition) is 4. The zero-order valence-corrected chi connectivity index (χ0v) is 18.9. The van der Waals surface area contributed by atoms with Crippen LogP contribution in [0.15, 0.2) is 46.1 Å². The van der Waals surface area contributed by atoms with E-state index in [1.807, 2.05) is 45.0 Å². The lowest BCUT2D eigenvalue weighted by molar-refractivity contribution is 0.600. The molecule has 0 radical (unpaired) electrons. The van der Waals surface area contributed by atoms with Crippen molar-refractivity contribution in [1.29, 1.82) is 0 Å². The van der Waals surface area contributed by atoms with Gasteiger partial charge >= 0.3 is 0 Å². The zero-order chi connectivity index (χ0) is 22.2. The predicted molar refractivity (Wildman–Crippen MR) is 123 cm³/mol. The molecule has 0 spiro atoms. The largest absolute Gasteiger partial charge is 0.279 e. The topological polar surface area (TPSA) is 91.9 Å². The van der Waals surface area contributed by atoms with E-state index >= 15 is 0 Å². The van der Waals surface area contributed by atoms with Gasteiger partial charge in [0, 0.05) is 11.1 Å². The van der Waals surface area contributed by atoms with E-state index in [-0.39, 0.29) is 10.5 Å². The summed E-state index contributed by atoms with van der Waals surface area (Å²) in [6.45, 7) is 5.80. The average Bonchev–Trinajstić information content (AvgIpc) is 2.76. The smallest absolute Gasteiger partial charge is 0.267 e. The number of anilines is 1. The van der Waals surface area contributed by atoms with Crippen LogP contribution < -0.4 is 10.3 Å². The van der Waals surface area contributed by atoms with Gasteiger partial charge in [-0.05, 0) is 74.8 Å². The second-order valence-electron chi connectivity index (χ2n) is 8.17. The normalized spacial score (nSPS) is 13.6. The molecule has 2 N–H and O–H groups in total. The molecular weight excluding hydrogens is 410 g/mol. The average molecular weight is 438 g/mol. The number of fused-ring (bicyclic) bond motifs is 1. The maximum Gasteiger partial charge on any atom is 0.267 e. The molecule has 0 amide bonds. The third-order valence-electron chi connectivity index (χ3n) is 5.93. The van der Waals surface area contributed by atoms with Crippen molar-refractivity contribution in [2.45, 2.75) is 57.8 Å². The molecule has 1 aromatic heterocycles. The monoisotopic (exact) mass is 437 g/mol. The van der Waals surface area contributed by atoms with Crippen LogP contribution in [0.2, 0.25) is 0 Å². The molecule has 0 atom stereocenters. The highest BCUT2D eigenvalue weighted by atomic mass is 32.2. The number of aromatic nitrogens is 2. The number of benzene rings is 2. The summed E-state index contributed by atoms with van der Waals surface area (Å²) in [7, 11) is -3.80. The highest BCUT2D eigenvalue weighted by molar-refractivity contribution is 7.92. The van der Waals surface area contributed by atoms with Crippen molar-refractivity contribution in [2.24, 2.45) is 0 Å². The third kappa shape index (κ3) is 4.14. The Labute approximate surface area is 182 Å². The molecule has 0 bridgehead atoms. The van der Waals surface area contributed by atoms with Crippen LogP contribution in [0.25, 0.3) is 11.3 Å². The van der Waals surface area contributed by atoms with Gasteiger partial charge in [-0.25, -0.2) is 13.5 Å². The van der Waals surface area contributed by atoms with Gasteiger partial charge in [0.15, 0.2) is 0 Å². The highest BCUT2D eigenvalue weighted by Gasteiger charge is 2.23. The van der Waals surface area contributed by atoms with Crippen LogP contribution in [0.4, 0.5) is 5.69 Å². The summed E-state index contributed by atoms with van der Waals surface area (Å²) in [6.07, 6.45) is 4.07. The fourth-order valence-corrected chi connectivity index (χ4v) is 5.74. The Morgan fingerprint density at radius 2 is 1.77 bits per heavy atom. The summed E-state index contributed by atoms with van der Waals surface area (Å²) >= 11 is 0. The molecule has 1 aliphatic carbocycles. The van der Waals surface area contributed by atoms with E-state index in [1.165, 1.54) is 0 Å². The molecular formula is C24H27N3O3S. The van der Waals surface area contributed by atoms with E-state index in [1.54, 1.807) is 12.1 Å². The van der Waals surface area contributed by atoms with Crippen LogP contribution in [0.5, 0.6) is 0 Å². The van der Waals surface area contributed by atoms with Gasteiger partial charge in [0.2, 0.25) is 0 Å². The Morgan fingerprint density at radius 1 is 1.03 bits per heavy atom. The van der Waals surface area contributed by atoms with E-state index < -0.39 is 10.0 Å². The summed E-state index contributed by atoms with van der Waals surface area (Å²) in [5, 5.41) is 6.89. The fraction of sp³-hybridized carbons (Fsp3) is 0.333. The first kappa shape index (κ1) is 21.3. The van der Waals surface area contributed by atoms with E-state index in [9.17, 15) is 13.2 Å². The number of hydrogen-bond donors (Lipinski definition) is 2. The summed E-state index contributed by atoms with van der Waals surface area (Å²) in [4.78, 5) is 12.4. The number of aryl methyl sites for hydroxylation is 3. The second-order valence-corrected chi connectivity index (χ2v) is 9.82. The lowest BCUT2D eigenvalue weighted by atomic mass is 9.89. The summed E-state index contributed by atoms with van der Waals surface area (Å²) in [5.74, 6) is 0. The quantitative estimate of drug-likeness (QED) is 0.623. The van der Waals surface area contributed by atoms with Gasteiger partial charge in [0.1, 0.15) is 0 Å². The van der Waals surface area contributed by atoms with Gasteiger partial charge < -0.3 is 0 Å². The molecule has 6 nitrogen and oxygen atoms in total. The molecule has 2 aromatic carbocycles. The van der Waals surface area contributed by atoms with Crippen LogP contribution in [0.3, 0.4) is 0 Å². The van der Waals surface area contributed by atoms with E-state index in [0.29, 0.717) is 23.4 Å². The number of sulfonamides is 1. The molecule has 0 aliphatic heterocycles. The van der Waals surface area contributed by atoms with Gasteiger partial charge in [0.05, 0.1) is 16.3 Å². The molecule has 0 saturated carbocycles. The van der Waals surface area contributed by atoms with Gasteiger partial charge in [0.25, 0.3) is 15.6 Å². The minimum absolute atomic E-state index is 0.145. The van der Waals surface area contributed by atoms with Gasteiger partial charge in [-0.2, -0.15) is 5.10 Å². The van der Waals surface area contributed by atoms with Crippen molar-refractivity contribution in [1.82, 2.24) is 10.2 Å². The Morgan fingerprint density at radius 3 is 2.48 bits per heavy atom. The molecule has 162 valence electrons. The van der Waals surface area contributed by atoms with Crippen LogP contribution in [-0.2, 0) is 29.3 Å². The van der Waals surface area contributed by atoms with Crippen molar-refractivity contribution in [3.63, 3.8) is 0 Å². The van der Waals surface area contributed by atoms with Crippen molar-refractivity contribution in [3.8, 4) is 11.3 Å². The summed E-state index contributed by atoms with van der Waals surface area (Å²) < 4.78 is 29.5. The Hall–Kier alpha value is -2.93. The number of nitrogens with zero attached hydrogens (tertiary/aromatic N) is 1. The molecule has 3 aromatic rings. The third-order valence-corrected chi connectivity index (χ3v) is 7.38. The number of H-pyrrole nitrogens is 1. The Balaban J connectivity index is 1.81. The van der Waals surface area contributed by atoms with Crippen LogP contribution >= 0.6 is 0 Å². The van der Waals surface area contributed by atoms with E-state index in [4.69, 9.17) is 0 Å². The zero-order valence-electron chi connectivity index (χ0n) is 18.1. The Bertz CT molecular complexity index is 1310. The minimum atomic E-state index is -3.80. The molecule has 0 unspecified atom stereocenters. The number of aromatic amines is 1. The molecule has 31 heavy (non-hydrogen) atoms. The van der Waals surface area contributed by atoms with Crippen molar-refractivity contribution >= 4 is 15.7 Å². The van der Waals surface area contributed by atoms with Crippen molar-refractivity contribution in [3.05, 3.63) is 74.6 Å². The Kier molecular flexibility index (Phi) is 5.71. The van der Waals surface area contributed by atoms with Gasteiger partial charge in [-0.3, -0.25) is 9.52 Å². The van der Waals surface area contributed by atoms with Crippen molar-refractivity contribution in [2.75, 3.05) is 4.72 Å².